The highest BCUT2D eigenvalue weighted by Crippen LogP contribution is 2.23. The summed E-state index contributed by atoms with van der Waals surface area (Å²) < 4.78 is 10.2. The van der Waals surface area contributed by atoms with Crippen molar-refractivity contribution in [1.82, 2.24) is 5.32 Å². The predicted octanol–water partition coefficient (Wildman–Crippen LogP) is 3.68. The lowest BCUT2D eigenvalue weighted by atomic mass is 9.99. The van der Waals surface area contributed by atoms with Gasteiger partial charge in [0, 0.05) is 6.54 Å². The summed E-state index contributed by atoms with van der Waals surface area (Å²) in [6.07, 6.45) is 1.48. The number of ether oxygens (including phenoxy) is 1. The summed E-state index contributed by atoms with van der Waals surface area (Å²) in [7, 11) is 0. The number of benzene rings is 2. The van der Waals surface area contributed by atoms with Crippen LogP contribution in [-0.4, -0.2) is 18.4 Å². The minimum Gasteiger partial charge on any atom is -0.461 e. The van der Waals surface area contributed by atoms with E-state index >= 15 is 0 Å². The quantitative estimate of drug-likeness (QED) is 0.637. The molecule has 6 heteroatoms. The molecular formula is C22H18N2O4. The highest BCUT2D eigenvalue weighted by Gasteiger charge is 2.10. The maximum absolute atomic E-state index is 11.8. The molecule has 1 aromatic heterocycles. The van der Waals surface area contributed by atoms with E-state index in [9.17, 15) is 14.9 Å². The Bertz CT molecular complexity index is 986. The number of furan rings is 1. The highest BCUT2D eigenvalue weighted by molar-refractivity contribution is 5.91. The first-order valence-electron chi connectivity index (χ1n) is 8.73. The molecule has 0 saturated carbocycles. The van der Waals surface area contributed by atoms with Crippen LogP contribution >= 0.6 is 0 Å². The van der Waals surface area contributed by atoms with Gasteiger partial charge in [0.25, 0.3) is 5.91 Å². The van der Waals surface area contributed by atoms with Crippen LogP contribution in [0.4, 0.5) is 0 Å². The van der Waals surface area contributed by atoms with Crippen LogP contribution in [0.3, 0.4) is 0 Å². The van der Waals surface area contributed by atoms with Crippen molar-refractivity contribution in [3.8, 4) is 17.2 Å². The summed E-state index contributed by atoms with van der Waals surface area (Å²) in [6.45, 7) is 0.313. The predicted molar refractivity (Wildman–Crippen MR) is 102 cm³/mol. The zero-order valence-electron chi connectivity index (χ0n) is 15.1. The molecule has 0 fully saturated rings. The van der Waals surface area contributed by atoms with E-state index in [1.807, 2.05) is 42.5 Å². The summed E-state index contributed by atoms with van der Waals surface area (Å²) in [5.74, 6) is -0.573. The Morgan fingerprint density at radius 3 is 2.54 bits per heavy atom. The molecule has 0 aliphatic heterocycles. The highest BCUT2D eigenvalue weighted by atomic mass is 16.5. The van der Waals surface area contributed by atoms with Crippen LogP contribution in [0.15, 0.2) is 71.3 Å². The van der Waals surface area contributed by atoms with E-state index in [1.54, 1.807) is 18.2 Å². The summed E-state index contributed by atoms with van der Waals surface area (Å²) in [6, 6.07) is 20.2. The standard InChI is InChI=1S/C22H18N2O4/c23-14-18-4-1-2-5-19(18)17-9-7-16(8-10-17)15-28-21(25)11-12-24-22(26)20-6-3-13-27-20/h1-10,13H,11-12,15H2,(H,24,26). The number of hydrogen-bond donors (Lipinski definition) is 1. The van der Waals surface area contributed by atoms with E-state index in [-0.39, 0.29) is 31.2 Å². The smallest absolute Gasteiger partial charge is 0.307 e. The molecule has 1 N–H and O–H groups in total. The molecule has 2 aromatic carbocycles. The van der Waals surface area contributed by atoms with E-state index in [4.69, 9.17) is 9.15 Å². The van der Waals surface area contributed by atoms with Crippen LogP contribution in [0.2, 0.25) is 0 Å². The molecule has 140 valence electrons. The summed E-state index contributed by atoms with van der Waals surface area (Å²) in [5.41, 5.74) is 3.23. The number of rotatable bonds is 7. The molecule has 1 amide bonds. The molecule has 1 heterocycles. The summed E-state index contributed by atoms with van der Waals surface area (Å²) in [5, 5.41) is 11.8. The Kier molecular flexibility index (Phi) is 6.21. The van der Waals surface area contributed by atoms with Gasteiger partial charge in [-0.05, 0) is 34.9 Å². The van der Waals surface area contributed by atoms with Crippen molar-refractivity contribution in [3.63, 3.8) is 0 Å². The Balaban J connectivity index is 1.46. The molecule has 0 atom stereocenters. The van der Waals surface area contributed by atoms with Crippen LogP contribution in [0.5, 0.6) is 0 Å². The van der Waals surface area contributed by atoms with Crippen molar-refractivity contribution < 1.29 is 18.7 Å². The van der Waals surface area contributed by atoms with Crippen LogP contribution < -0.4 is 5.32 Å². The van der Waals surface area contributed by atoms with Crippen molar-refractivity contribution in [2.45, 2.75) is 13.0 Å². The normalized spacial score (nSPS) is 10.1. The molecule has 0 aliphatic rings. The molecule has 0 spiro atoms. The zero-order valence-corrected chi connectivity index (χ0v) is 15.1. The molecule has 0 radical (unpaired) electrons. The third-order valence-corrected chi connectivity index (χ3v) is 4.07. The maximum atomic E-state index is 11.8. The monoisotopic (exact) mass is 374 g/mol. The third kappa shape index (κ3) is 4.86. The molecule has 0 aliphatic carbocycles. The van der Waals surface area contributed by atoms with Crippen molar-refractivity contribution in [1.29, 1.82) is 5.26 Å². The van der Waals surface area contributed by atoms with Gasteiger partial charge in [-0.2, -0.15) is 5.26 Å². The second kappa shape index (κ2) is 9.19. The van der Waals surface area contributed by atoms with Gasteiger partial charge in [0.15, 0.2) is 5.76 Å². The van der Waals surface area contributed by atoms with Crippen molar-refractivity contribution >= 4 is 11.9 Å². The number of hydrogen-bond acceptors (Lipinski definition) is 5. The Labute approximate surface area is 162 Å². The fourth-order valence-electron chi connectivity index (χ4n) is 2.62. The molecular weight excluding hydrogens is 356 g/mol. The zero-order chi connectivity index (χ0) is 19.8. The fourth-order valence-corrected chi connectivity index (χ4v) is 2.62. The van der Waals surface area contributed by atoms with Crippen molar-refractivity contribution in [2.24, 2.45) is 0 Å². The second-order valence-corrected chi connectivity index (χ2v) is 6.00. The maximum Gasteiger partial charge on any atom is 0.307 e. The lowest BCUT2D eigenvalue weighted by molar-refractivity contribution is -0.144. The molecule has 0 saturated heterocycles. The van der Waals surface area contributed by atoms with Gasteiger partial charge in [0.05, 0.1) is 24.3 Å². The molecule has 0 bridgehead atoms. The van der Waals surface area contributed by atoms with E-state index < -0.39 is 5.97 Å². The van der Waals surface area contributed by atoms with Crippen molar-refractivity contribution in [2.75, 3.05) is 6.54 Å². The lowest BCUT2D eigenvalue weighted by Gasteiger charge is -2.08. The topological polar surface area (TPSA) is 92.3 Å². The first-order valence-corrected chi connectivity index (χ1v) is 8.73. The lowest BCUT2D eigenvalue weighted by Crippen LogP contribution is -2.26. The van der Waals surface area contributed by atoms with Gasteiger partial charge in [-0.15, -0.1) is 0 Å². The number of nitriles is 1. The van der Waals surface area contributed by atoms with Gasteiger partial charge < -0.3 is 14.5 Å². The van der Waals surface area contributed by atoms with E-state index in [0.717, 1.165) is 16.7 Å². The number of amides is 1. The Morgan fingerprint density at radius 1 is 1.04 bits per heavy atom. The van der Waals surface area contributed by atoms with Gasteiger partial charge in [0.2, 0.25) is 0 Å². The number of nitrogens with one attached hydrogen (secondary N) is 1. The largest absolute Gasteiger partial charge is 0.461 e. The molecule has 3 rings (SSSR count). The fraction of sp³-hybridized carbons (Fsp3) is 0.136. The van der Waals surface area contributed by atoms with Gasteiger partial charge in [0.1, 0.15) is 6.61 Å². The first-order chi connectivity index (χ1) is 13.7. The number of carbonyl (C=O) groups excluding carboxylic acids is 2. The average molecular weight is 374 g/mol. The average Bonchev–Trinajstić information content (AvgIpc) is 3.27. The van der Waals surface area contributed by atoms with Crippen LogP contribution in [0.25, 0.3) is 11.1 Å². The van der Waals surface area contributed by atoms with Crippen molar-refractivity contribution in [3.05, 3.63) is 83.8 Å². The number of nitrogens with zero attached hydrogens (tertiary/aromatic N) is 1. The van der Waals surface area contributed by atoms with Crippen LogP contribution in [0, 0.1) is 11.3 Å². The molecule has 3 aromatic rings. The second-order valence-electron chi connectivity index (χ2n) is 6.00. The summed E-state index contributed by atoms with van der Waals surface area (Å²) >= 11 is 0. The van der Waals surface area contributed by atoms with E-state index in [0.29, 0.717) is 5.56 Å². The van der Waals surface area contributed by atoms with Gasteiger partial charge >= 0.3 is 5.97 Å². The molecule has 28 heavy (non-hydrogen) atoms. The Hall–Kier alpha value is -3.85. The SMILES string of the molecule is N#Cc1ccccc1-c1ccc(COC(=O)CCNC(=O)c2ccco2)cc1. The van der Waals surface area contributed by atoms with E-state index in [1.165, 1.54) is 6.26 Å². The number of carbonyl (C=O) groups is 2. The van der Waals surface area contributed by atoms with Gasteiger partial charge in [-0.3, -0.25) is 9.59 Å². The van der Waals surface area contributed by atoms with Gasteiger partial charge in [-0.25, -0.2) is 0 Å². The minimum atomic E-state index is -0.404. The Morgan fingerprint density at radius 2 is 1.82 bits per heavy atom. The first kappa shape index (κ1) is 18.9. The third-order valence-electron chi connectivity index (χ3n) is 4.07. The van der Waals surface area contributed by atoms with Crippen LogP contribution in [0.1, 0.15) is 28.1 Å². The van der Waals surface area contributed by atoms with E-state index in [2.05, 4.69) is 11.4 Å². The van der Waals surface area contributed by atoms with Gasteiger partial charge in [-0.1, -0.05) is 42.5 Å². The minimum absolute atomic E-state index is 0.0695. The number of esters is 1. The van der Waals surface area contributed by atoms with Crippen LogP contribution in [-0.2, 0) is 16.1 Å². The molecule has 6 nitrogen and oxygen atoms in total. The summed E-state index contributed by atoms with van der Waals surface area (Å²) in [4.78, 5) is 23.5. The molecule has 0 unspecified atom stereocenters.